The molecule has 0 aliphatic rings. The lowest BCUT2D eigenvalue weighted by Gasteiger charge is -2.18. The van der Waals surface area contributed by atoms with Crippen LogP contribution in [0.1, 0.15) is 5.56 Å². The molecule has 0 amide bonds. The van der Waals surface area contributed by atoms with E-state index in [1.165, 1.54) is 0 Å². The number of thiocarbonyl (C=S) groups is 1. The van der Waals surface area contributed by atoms with Gasteiger partial charge in [-0.2, -0.15) is 0 Å². The zero-order chi connectivity index (χ0) is 13.8. The zero-order valence-corrected chi connectivity index (χ0v) is 11.7. The predicted molar refractivity (Wildman–Crippen MR) is 84.2 cm³/mol. The number of para-hydroxylation sites is 2. The maximum Gasteiger partial charge on any atom is 0.140 e. The number of rotatable bonds is 4. The quantitative estimate of drug-likeness (QED) is 0.838. The number of pyridine rings is 1. The summed E-state index contributed by atoms with van der Waals surface area (Å²) in [6.45, 7) is 0. The Balaban J connectivity index is 2.39. The molecule has 0 aliphatic carbocycles. The summed E-state index contributed by atoms with van der Waals surface area (Å²) in [5.41, 5.74) is 8.48. The summed E-state index contributed by atoms with van der Waals surface area (Å²) in [5, 5.41) is 3.28. The molecule has 1 heterocycles. The highest BCUT2D eigenvalue weighted by atomic mass is 32.1. The van der Waals surface area contributed by atoms with Crippen LogP contribution in [0.5, 0.6) is 0 Å². The van der Waals surface area contributed by atoms with Crippen LogP contribution in [0.15, 0.2) is 42.6 Å². The number of nitrogens with one attached hydrogen (secondary N) is 1. The van der Waals surface area contributed by atoms with Crippen LogP contribution >= 0.6 is 12.2 Å². The summed E-state index contributed by atoms with van der Waals surface area (Å²) in [6, 6.07) is 11.7. The lowest BCUT2D eigenvalue weighted by molar-refractivity contribution is 1.13. The molecule has 98 valence electrons. The van der Waals surface area contributed by atoms with Crippen molar-refractivity contribution >= 4 is 34.4 Å². The number of aromatic nitrogens is 1. The highest BCUT2D eigenvalue weighted by Crippen LogP contribution is 2.27. The van der Waals surface area contributed by atoms with Crippen molar-refractivity contribution in [3.63, 3.8) is 0 Å². The molecule has 4 nitrogen and oxygen atoms in total. The topological polar surface area (TPSA) is 54.2 Å². The molecule has 0 saturated carbocycles. The number of anilines is 3. The third kappa shape index (κ3) is 3.00. The minimum atomic E-state index is 0.331. The van der Waals surface area contributed by atoms with E-state index in [0.717, 1.165) is 16.9 Å². The molecule has 19 heavy (non-hydrogen) atoms. The van der Waals surface area contributed by atoms with Gasteiger partial charge in [-0.05, 0) is 24.3 Å². The molecule has 5 heteroatoms. The second-order valence-electron chi connectivity index (χ2n) is 4.30. The Morgan fingerprint density at radius 1 is 1.21 bits per heavy atom. The number of benzene rings is 1. The van der Waals surface area contributed by atoms with Crippen molar-refractivity contribution in [2.24, 2.45) is 5.73 Å². The standard InChI is InChI=1S/C14H16N4S/c1-18(2)12-8-4-3-7-11(12)17-14-10(13(15)19)6-5-9-16-14/h3-9H,1-2H3,(H2,15,19)(H,16,17). The Morgan fingerprint density at radius 2 is 1.95 bits per heavy atom. The lowest BCUT2D eigenvalue weighted by atomic mass is 10.2. The molecule has 0 spiro atoms. The fraction of sp³-hybridized carbons (Fsp3) is 0.143. The Bertz CT molecular complexity index is 596. The maximum absolute atomic E-state index is 5.71. The summed E-state index contributed by atoms with van der Waals surface area (Å²) >= 11 is 5.04. The van der Waals surface area contributed by atoms with E-state index < -0.39 is 0 Å². The van der Waals surface area contributed by atoms with E-state index in [9.17, 15) is 0 Å². The Kier molecular flexibility index (Phi) is 3.97. The van der Waals surface area contributed by atoms with Gasteiger partial charge < -0.3 is 16.0 Å². The molecule has 1 aromatic carbocycles. The van der Waals surface area contributed by atoms with Gasteiger partial charge in [0.05, 0.1) is 16.9 Å². The first kappa shape index (κ1) is 13.3. The molecule has 0 aliphatic heterocycles. The van der Waals surface area contributed by atoms with Gasteiger partial charge >= 0.3 is 0 Å². The van der Waals surface area contributed by atoms with E-state index in [2.05, 4.69) is 10.3 Å². The number of nitrogens with two attached hydrogens (primary N) is 1. The average molecular weight is 272 g/mol. The van der Waals surface area contributed by atoms with E-state index in [-0.39, 0.29) is 0 Å². The molecule has 0 fully saturated rings. The maximum atomic E-state index is 5.71. The van der Waals surface area contributed by atoms with E-state index in [0.29, 0.717) is 10.8 Å². The van der Waals surface area contributed by atoms with Crippen LogP contribution in [0, 0.1) is 0 Å². The monoisotopic (exact) mass is 272 g/mol. The van der Waals surface area contributed by atoms with Crippen molar-refractivity contribution in [2.75, 3.05) is 24.3 Å². The van der Waals surface area contributed by atoms with Crippen LogP contribution in [0.3, 0.4) is 0 Å². The zero-order valence-electron chi connectivity index (χ0n) is 10.9. The van der Waals surface area contributed by atoms with E-state index in [4.69, 9.17) is 18.0 Å². The third-order valence-corrected chi connectivity index (χ3v) is 2.93. The summed E-state index contributed by atoms with van der Waals surface area (Å²) in [6.07, 6.45) is 1.71. The molecule has 2 rings (SSSR count). The molecule has 3 N–H and O–H groups in total. The van der Waals surface area contributed by atoms with Gasteiger partial charge in [-0.1, -0.05) is 24.4 Å². The molecule has 0 unspecified atom stereocenters. The predicted octanol–water partition coefficient (Wildman–Crippen LogP) is 2.53. The molecule has 0 radical (unpaired) electrons. The van der Waals surface area contributed by atoms with Crippen molar-refractivity contribution < 1.29 is 0 Å². The van der Waals surface area contributed by atoms with E-state index in [1.54, 1.807) is 6.20 Å². The van der Waals surface area contributed by atoms with Crippen LogP contribution in [0.4, 0.5) is 17.2 Å². The fourth-order valence-corrected chi connectivity index (χ4v) is 1.97. The Hall–Kier alpha value is -2.14. The molecule has 1 aromatic heterocycles. The van der Waals surface area contributed by atoms with Gasteiger partial charge in [-0.25, -0.2) is 4.98 Å². The summed E-state index contributed by atoms with van der Waals surface area (Å²) < 4.78 is 0. The SMILES string of the molecule is CN(C)c1ccccc1Nc1ncccc1C(N)=S. The number of hydrogen-bond acceptors (Lipinski definition) is 4. The van der Waals surface area contributed by atoms with Crippen molar-refractivity contribution in [3.05, 3.63) is 48.2 Å². The first-order valence-electron chi connectivity index (χ1n) is 5.88. The second kappa shape index (κ2) is 5.67. The van der Waals surface area contributed by atoms with Gasteiger partial charge in [0.2, 0.25) is 0 Å². The third-order valence-electron chi connectivity index (χ3n) is 2.71. The number of hydrogen-bond donors (Lipinski definition) is 2. The largest absolute Gasteiger partial charge is 0.389 e. The van der Waals surface area contributed by atoms with Crippen LogP contribution in [-0.4, -0.2) is 24.1 Å². The van der Waals surface area contributed by atoms with Crippen molar-refractivity contribution in [1.82, 2.24) is 4.98 Å². The van der Waals surface area contributed by atoms with Gasteiger partial charge in [0.1, 0.15) is 10.8 Å². The smallest absolute Gasteiger partial charge is 0.140 e. The molecule has 0 atom stereocenters. The van der Waals surface area contributed by atoms with Gasteiger partial charge in [0.15, 0.2) is 0 Å². The summed E-state index contributed by atoms with van der Waals surface area (Å²) in [4.78, 5) is 6.66. The normalized spacial score (nSPS) is 10.0. The van der Waals surface area contributed by atoms with E-state index in [1.807, 2.05) is 55.4 Å². The van der Waals surface area contributed by atoms with Crippen LogP contribution in [0.2, 0.25) is 0 Å². The highest BCUT2D eigenvalue weighted by Gasteiger charge is 2.09. The molecular weight excluding hydrogens is 256 g/mol. The van der Waals surface area contributed by atoms with Gasteiger partial charge in [0, 0.05) is 20.3 Å². The van der Waals surface area contributed by atoms with Crippen molar-refractivity contribution in [2.45, 2.75) is 0 Å². The summed E-state index contributed by atoms with van der Waals surface area (Å²) in [7, 11) is 3.99. The average Bonchev–Trinajstić information content (AvgIpc) is 2.39. The van der Waals surface area contributed by atoms with Gasteiger partial charge in [-0.3, -0.25) is 0 Å². The molecule has 2 aromatic rings. The van der Waals surface area contributed by atoms with E-state index >= 15 is 0 Å². The molecular formula is C14H16N4S. The van der Waals surface area contributed by atoms with Crippen molar-refractivity contribution in [3.8, 4) is 0 Å². The minimum absolute atomic E-state index is 0.331. The van der Waals surface area contributed by atoms with Gasteiger partial charge in [0.25, 0.3) is 0 Å². The molecule has 0 bridgehead atoms. The first-order chi connectivity index (χ1) is 9.09. The lowest BCUT2D eigenvalue weighted by Crippen LogP contribution is -2.14. The van der Waals surface area contributed by atoms with Gasteiger partial charge in [-0.15, -0.1) is 0 Å². The number of nitrogens with zero attached hydrogens (tertiary/aromatic N) is 2. The highest BCUT2D eigenvalue weighted by molar-refractivity contribution is 7.80. The fourth-order valence-electron chi connectivity index (χ4n) is 1.80. The Labute approximate surface area is 118 Å². The molecule has 0 saturated heterocycles. The van der Waals surface area contributed by atoms with Crippen LogP contribution < -0.4 is 16.0 Å². The first-order valence-corrected chi connectivity index (χ1v) is 6.28. The van der Waals surface area contributed by atoms with Crippen LogP contribution in [0.25, 0.3) is 0 Å². The second-order valence-corrected chi connectivity index (χ2v) is 4.74. The Morgan fingerprint density at radius 3 is 2.63 bits per heavy atom. The van der Waals surface area contributed by atoms with Crippen LogP contribution in [-0.2, 0) is 0 Å². The summed E-state index contributed by atoms with van der Waals surface area (Å²) in [5.74, 6) is 0.671. The minimum Gasteiger partial charge on any atom is -0.389 e. The van der Waals surface area contributed by atoms with Crippen molar-refractivity contribution in [1.29, 1.82) is 0 Å².